The third-order valence-corrected chi connectivity index (χ3v) is 1.90. The normalized spacial score (nSPS) is 14.0. The molecule has 0 bridgehead atoms. The predicted octanol–water partition coefficient (Wildman–Crippen LogP) is 2.77. The molecule has 84 valence electrons. The Kier molecular flexibility index (Phi) is 3.34. The van der Waals surface area contributed by atoms with E-state index in [-0.39, 0.29) is 12.0 Å². The highest BCUT2D eigenvalue weighted by Crippen LogP contribution is 2.30. The van der Waals surface area contributed by atoms with Gasteiger partial charge < -0.3 is 5.11 Å². The van der Waals surface area contributed by atoms with Gasteiger partial charge in [-0.25, -0.2) is 4.39 Å². The molecule has 0 saturated carbocycles. The summed E-state index contributed by atoms with van der Waals surface area (Å²) in [5, 5.41) is 8.97. The van der Waals surface area contributed by atoms with Crippen LogP contribution in [0.3, 0.4) is 0 Å². The lowest BCUT2D eigenvalue weighted by Gasteiger charge is -2.10. The van der Waals surface area contributed by atoms with Crippen LogP contribution in [0.15, 0.2) is 18.2 Å². The van der Waals surface area contributed by atoms with Gasteiger partial charge in [0.25, 0.3) is 0 Å². The summed E-state index contributed by atoms with van der Waals surface area (Å²) in [6.07, 6.45) is -5.31. The van der Waals surface area contributed by atoms with E-state index in [1.165, 1.54) is 6.92 Å². The van der Waals surface area contributed by atoms with Gasteiger partial charge in [0.1, 0.15) is 5.82 Å². The number of halogens is 4. The molecule has 1 atom stereocenters. The SMILES string of the molecule is C[C@@H](O)Cc1ccc(C(F)(F)F)cc1F. The van der Waals surface area contributed by atoms with Crippen LogP contribution >= 0.6 is 0 Å². The van der Waals surface area contributed by atoms with Crippen LogP contribution in [-0.4, -0.2) is 11.2 Å². The molecule has 1 nitrogen and oxygen atoms in total. The number of hydrogen-bond acceptors (Lipinski definition) is 1. The van der Waals surface area contributed by atoms with Crippen LogP contribution in [0, 0.1) is 5.82 Å². The number of benzene rings is 1. The number of alkyl halides is 3. The Bertz CT molecular complexity index is 344. The highest BCUT2D eigenvalue weighted by Gasteiger charge is 2.31. The average Bonchev–Trinajstić information content (AvgIpc) is 2.05. The van der Waals surface area contributed by atoms with E-state index in [2.05, 4.69) is 0 Å². The molecule has 0 spiro atoms. The summed E-state index contributed by atoms with van der Waals surface area (Å²) in [6, 6.07) is 2.30. The summed E-state index contributed by atoms with van der Waals surface area (Å²) in [4.78, 5) is 0. The Morgan fingerprint density at radius 1 is 1.33 bits per heavy atom. The van der Waals surface area contributed by atoms with Gasteiger partial charge in [0, 0.05) is 6.42 Å². The number of aliphatic hydroxyl groups excluding tert-OH is 1. The first-order valence-corrected chi connectivity index (χ1v) is 4.34. The summed E-state index contributed by atoms with van der Waals surface area (Å²) in [7, 11) is 0. The number of hydrogen-bond donors (Lipinski definition) is 1. The van der Waals surface area contributed by atoms with Gasteiger partial charge in [0.05, 0.1) is 11.7 Å². The van der Waals surface area contributed by atoms with Crippen molar-refractivity contribution in [3.8, 4) is 0 Å². The topological polar surface area (TPSA) is 20.2 Å². The molecule has 0 amide bonds. The largest absolute Gasteiger partial charge is 0.416 e. The first kappa shape index (κ1) is 12.0. The van der Waals surface area contributed by atoms with E-state index < -0.39 is 23.7 Å². The lowest BCUT2D eigenvalue weighted by molar-refractivity contribution is -0.137. The molecule has 0 saturated heterocycles. The molecule has 0 aliphatic heterocycles. The minimum atomic E-state index is -4.54. The van der Waals surface area contributed by atoms with Crippen LogP contribution in [0.2, 0.25) is 0 Å². The quantitative estimate of drug-likeness (QED) is 0.763. The monoisotopic (exact) mass is 222 g/mol. The summed E-state index contributed by atoms with van der Waals surface area (Å²) >= 11 is 0. The molecule has 0 unspecified atom stereocenters. The fourth-order valence-electron chi connectivity index (χ4n) is 1.21. The molecule has 15 heavy (non-hydrogen) atoms. The van der Waals surface area contributed by atoms with Crippen molar-refractivity contribution in [2.75, 3.05) is 0 Å². The third-order valence-electron chi connectivity index (χ3n) is 1.90. The maximum Gasteiger partial charge on any atom is 0.416 e. The van der Waals surface area contributed by atoms with Crippen molar-refractivity contribution in [2.24, 2.45) is 0 Å². The van der Waals surface area contributed by atoms with Gasteiger partial charge in [0.2, 0.25) is 0 Å². The lowest BCUT2D eigenvalue weighted by atomic mass is 10.1. The molecule has 0 aliphatic carbocycles. The Labute approximate surface area is 84.3 Å². The van der Waals surface area contributed by atoms with E-state index in [0.29, 0.717) is 6.07 Å². The Morgan fingerprint density at radius 3 is 2.33 bits per heavy atom. The van der Waals surface area contributed by atoms with Crippen LogP contribution in [0.4, 0.5) is 17.6 Å². The van der Waals surface area contributed by atoms with Gasteiger partial charge in [-0.15, -0.1) is 0 Å². The van der Waals surface area contributed by atoms with E-state index in [1.807, 2.05) is 0 Å². The van der Waals surface area contributed by atoms with Gasteiger partial charge in [-0.1, -0.05) is 6.07 Å². The Morgan fingerprint density at radius 2 is 1.93 bits per heavy atom. The molecular formula is C10H10F4O. The van der Waals surface area contributed by atoms with Crippen molar-refractivity contribution in [3.05, 3.63) is 35.1 Å². The second kappa shape index (κ2) is 4.18. The summed E-state index contributed by atoms with van der Waals surface area (Å²) in [6.45, 7) is 1.44. The smallest absolute Gasteiger partial charge is 0.393 e. The van der Waals surface area contributed by atoms with E-state index >= 15 is 0 Å². The van der Waals surface area contributed by atoms with Crippen molar-refractivity contribution >= 4 is 0 Å². The third kappa shape index (κ3) is 3.20. The predicted molar refractivity (Wildman–Crippen MR) is 46.8 cm³/mol. The van der Waals surface area contributed by atoms with Crippen LogP contribution in [0.1, 0.15) is 18.1 Å². The highest BCUT2D eigenvalue weighted by atomic mass is 19.4. The molecule has 1 aromatic rings. The molecule has 1 rings (SSSR count). The minimum Gasteiger partial charge on any atom is -0.393 e. The van der Waals surface area contributed by atoms with Crippen LogP contribution in [0.25, 0.3) is 0 Å². The number of aliphatic hydroxyl groups is 1. The van der Waals surface area contributed by atoms with E-state index in [9.17, 15) is 17.6 Å². The van der Waals surface area contributed by atoms with Crippen molar-refractivity contribution in [2.45, 2.75) is 25.6 Å². The highest BCUT2D eigenvalue weighted by molar-refractivity contribution is 5.26. The molecule has 5 heteroatoms. The zero-order valence-corrected chi connectivity index (χ0v) is 7.98. The molecule has 0 fully saturated rings. The zero-order valence-electron chi connectivity index (χ0n) is 7.98. The van der Waals surface area contributed by atoms with Gasteiger partial charge in [-0.05, 0) is 24.6 Å². The maximum absolute atomic E-state index is 13.1. The molecule has 0 radical (unpaired) electrons. The second-order valence-electron chi connectivity index (χ2n) is 3.36. The average molecular weight is 222 g/mol. The molecule has 1 aromatic carbocycles. The summed E-state index contributed by atoms with van der Waals surface area (Å²) in [5.74, 6) is -0.939. The molecule has 0 aliphatic rings. The Balaban J connectivity index is 2.98. The minimum absolute atomic E-state index is 0.00394. The van der Waals surface area contributed by atoms with Gasteiger partial charge >= 0.3 is 6.18 Å². The van der Waals surface area contributed by atoms with Crippen LogP contribution in [-0.2, 0) is 12.6 Å². The molecular weight excluding hydrogens is 212 g/mol. The fraction of sp³-hybridized carbons (Fsp3) is 0.400. The van der Waals surface area contributed by atoms with E-state index in [1.54, 1.807) is 0 Å². The van der Waals surface area contributed by atoms with E-state index in [4.69, 9.17) is 5.11 Å². The van der Waals surface area contributed by atoms with E-state index in [0.717, 1.165) is 12.1 Å². The lowest BCUT2D eigenvalue weighted by Crippen LogP contribution is -2.09. The van der Waals surface area contributed by atoms with Crippen molar-refractivity contribution in [1.29, 1.82) is 0 Å². The van der Waals surface area contributed by atoms with Crippen molar-refractivity contribution in [3.63, 3.8) is 0 Å². The van der Waals surface area contributed by atoms with Gasteiger partial charge in [-0.3, -0.25) is 0 Å². The van der Waals surface area contributed by atoms with Gasteiger partial charge in [-0.2, -0.15) is 13.2 Å². The fourth-order valence-corrected chi connectivity index (χ4v) is 1.21. The van der Waals surface area contributed by atoms with Crippen LogP contribution < -0.4 is 0 Å². The van der Waals surface area contributed by atoms with Crippen LogP contribution in [0.5, 0.6) is 0 Å². The summed E-state index contributed by atoms with van der Waals surface area (Å²) in [5.41, 5.74) is -0.938. The molecule has 0 heterocycles. The molecule has 1 N–H and O–H groups in total. The van der Waals surface area contributed by atoms with Crippen molar-refractivity contribution < 1.29 is 22.7 Å². The first-order chi connectivity index (χ1) is 6.80. The second-order valence-corrected chi connectivity index (χ2v) is 3.36. The summed E-state index contributed by atoms with van der Waals surface area (Å²) < 4.78 is 49.6. The molecule has 0 aromatic heterocycles. The maximum atomic E-state index is 13.1. The Hall–Kier alpha value is -1.10. The number of rotatable bonds is 2. The first-order valence-electron chi connectivity index (χ1n) is 4.34. The zero-order chi connectivity index (χ0) is 11.6. The standard InChI is InChI=1S/C10H10F4O/c1-6(15)4-7-2-3-8(5-9(7)11)10(12,13)14/h2-3,5-6,15H,4H2,1H3/t6-/m1/s1. The van der Waals surface area contributed by atoms with Crippen molar-refractivity contribution in [1.82, 2.24) is 0 Å². The van der Waals surface area contributed by atoms with Gasteiger partial charge in [0.15, 0.2) is 0 Å².